The van der Waals surface area contributed by atoms with Crippen molar-refractivity contribution in [2.45, 2.75) is 13.0 Å². The van der Waals surface area contributed by atoms with Gasteiger partial charge in [-0.2, -0.15) is 15.5 Å². The molecule has 156 valence electrons. The lowest BCUT2D eigenvalue weighted by molar-refractivity contribution is -0.138. The molecule has 3 aromatic rings. The Morgan fingerprint density at radius 3 is 2.48 bits per heavy atom. The lowest BCUT2D eigenvalue weighted by Crippen LogP contribution is -2.52. The van der Waals surface area contributed by atoms with Gasteiger partial charge in [0, 0.05) is 26.2 Å². The Morgan fingerprint density at radius 2 is 1.87 bits per heavy atom. The highest BCUT2D eigenvalue weighted by atomic mass is 16.5. The maximum Gasteiger partial charge on any atom is 0.266 e. The van der Waals surface area contributed by atoms with Gasteiger partial charge in [-0.3, -0.25) is 4.79 Å². The molecule has 9 nitrogen and oxygen atoms in total. The molecule has 0 aliphatic carbocycles. The van der Waals surface area contributed by atoms with Crippen molar-refractivity contribution in [3.8, 4) is 29.5 Å². The molecule has 1 fully saturated rings. The number of aromatic nitrogens is 1. The minimum absolute atomic E-state index is 0.127. The van der Waals surface area contributed by atoms with E-state index in [9.17, 15) is 10.1 Å². The fourth-order valence-electron chi connectivity index (χ4n) is 3.35. The number of furan rings is 1. The molecule has 1 unspecified atom stereocenters. The number of rotatable bonds is 5. The summed E-state index contributed by atoms with van der Waals surface area (Å²) in [4.78, 5) is 20.6. The van der Waals surface area contributed by atoms with Gasteiger partial charge in [0.2, 0.25) is 11.6 Å². The zero-order valence-electron chi connectivity index (χ0n) is 16.8. The van der Waals surface area contributed by atoms with Crippen LogP contribution in [0.5, 0.6) is 5.75 Å². The highest BCUT2D eigenvalue weighted by Gasteiger charge is 2.29. The van der Waals surface area contributed by atoms with Crippen LogP contribution < -0.4 is 9.64 Å². The maximum atomic E-state index is 12.8. The van der Waals surface area contributed by atoms with Crippen LogP contribution in [0.2, 0.25) is 0 Å². The van der Waals surface area contributed by atoms with Gasteiger partial charge in [0.05, 0.1) is 17.9 Å². The van der Waals surface area contributed by atoms with Gasteiger partial charge in [0.25, 0.3) is 11.8 Å². The molecule has 1 saturated heterocycles. The molecule has 0 spiro atoms. The number of hydrogen-bond acceptors (Lipinski definition) is 8. The number of piperazine rings is 1. The summed E-state index contributed by atoms with van der Waals surface area (Å²) in [7, 11) is 0. The van der Waals surface area contributed by atoms with Crippen LogP contribution in [0.1, 0.15) is 18.2 Å². The van der Waals surface area contributed by atoms with Crippen LogP contribution in [-0.2, 0) is 4.79 Å². The number of nitrogens with zero attached hydrogens (tertiary/aromatic N) is 5. The fourth-order valence-corrected chi connectivity index (χ4v) is 3.35. The van der Waals surface area contributed by atoms with Crippen LogP contribution in [0.15, 0.2) is 51.5 Å². The first-order valence-corrected chi connectivity index (χ1v) is 9.74. The summed E-state index contributed by atoms with van der Waals surface area (Å²) in [6, 6.07) is 14.2. The average molecular weight is 417 g/mol. The number of carbonyl (C=O) groups excluding carboxylic acids is 1. The molecular formula is C22H19N5O4. The Labute approximate surface area is 178 Å². The predicted molar refractivity (Wildman–Crippen MR) is 109 cm³/mol. The minimum Gasteiger partial charge on any atom is -0.481 e. The highest BCUT2D eigenvalue weighted by molar-refractivity contribution is 5.81. The van der Waals surface area contributed by atoms with Crippen molar-refractivity contribution in [1.29, 1.82) is 10.5 Å². The van der Waals surface area contributed by atoms with Gasteiger partial charge < -0.3 is 23.4 Å². The van der Waals surface area contributed by atoms with E-state index in [2.05, 4.69) is 11.1 Å². The monoisotopic (exact) mass is 417 g/mol. The number of ether oxygens (including phenoxy) is 1. The summed E-state index contributed by atoms with van der Waals surface area (Å²) < 4.78 is 16.8. The second-order valence-electron chi connectivity index (χ2n) is 6.97. The first kappa shape index (κ1) is 20.0. The van der Waals surface area contributed by atoms with Crippen molar-refractivity contribution in [1.82, 2.24) is 9.88 Å². The highest BCUT2D eigenvalue weighted by Crippen LogP contribution is 2.29. The summed E-state index contributed by atoms with van der Waals surface area (Å²) in [6.45, 7) is 3.61. The quantitative estimate of drug-likeness (QED) is 0.621. The van der Waals surface area contributed by atoms with Crippen LogP contribution in [0.4, 0.5) is 5.88 Å². The maximum absolute atomic E-state index is 12.8. The van der Waals surface area contributed by atoms with Crippen molar-refractivity contribution >= 4 is 11.8 Å². The number of oxazole rings is 1. The normalized spacial score (nSPS) is 14.5. The first-order chi connectivity index (χ1) is 15.1. The predicted octanol–water partition coefficient (Wildman–Crippen LogP) is 2.79. The number of hydrogen-bond donors (Lipinski definition) is 0. The van der Waals surface area contributed by atoms with Gasteiger partial charge in [-0.25, -0.2) is 0 Å². The third-order valence-corrected chi connectivity index (χ3v) is 4.97. The minimum atomic E-state index is -0.662. The van der Waals surface area contributed by atoms with Crippen LogP contribution in [-0.4, -0.2) is 48.1 Å². The molecule has 0 saturated carbocycles. The third kappa shape index (κ3) is 4.21. The van der Waals surface area contributed by atoms with Gasteiger partial charge in [-0.05, 0) is 43.3 Å². The molecule has 0 bridgehead atoms. The summed E-state index contributed by atoms with van der Waals surface area (Å²) in [5.41, 5.74) is 0.713. The smallest absolute Gasteiger partial charge is 0.266 e. The topological polar surface area (TPSA) is 120 Å². The molecule has 1 aliphatic heterocycles. The molecule has 31 heavy (non-hydrogen) atoms. The van der Waals surface area contributed by atoms with E-state index in [4.69, 9.17) is 18.8 Å². The van der Waals surface area contributed by atoms with Crippen LogP contribution in [0.3, 0.4) is 0 Å². The lowest BCUT2D eigenvalue weighted by atomic mass is 10.2. The van der Waals surface area contributed by atoms with E-state index in [1.807, 2.05) is 11.0 Å². The summed E-state index contributed by atoms with van der Waals surface area (Å²) >= 11 is 0. The van der Waals surface area contributed by atoms with Crippen LogP contribution in [0.25, 0.3) is 11.7 Å². The van der Waals surface area contributed by atoms with Gasteiger partial charge in [-0.15, -0.1) is 0 Å². The van der Waals surface area contributed by atoms with E-state index in [0.717, 1.165) is 0 Å². The Balaban J connectivity index is 1.37. The number of anilines is 1. The molecule has 9 heteroatoms. The van der Waals surface area contributed by atoms with Crippen LogP contribution in [0, 0.1) is 22.7 Å². The van der Waals surface area contributed by atoms with E-state index in [0.29, 0.717) is 49.1 Å². The largest absolute Gasteiger partial charge is 0.481 e. The standard InChI is InChI=1S/C22H19N5O4/c1-15(30-17-6-4-16(13-23)5-7-17)21(28)26-8-10-27(11-9-26)22-18(14-24)25-20(31-22)19-3-2-12-29-19/h2-7,12,15H,8-11H2,1H3. The molecule has 4 rings (SSSR count). The second-order valence-corrected chi connectivity index (χ2v) is 6.97. The van der Waals surface area contributed by atoms with E-state index in [1.54, 1.807) is 48.2 Å². The summed E-state index contributed by atoms with van der Waals surface area (Å²) in [6.07, 6.45) is 0.849. The molecule has 1 amide bonds. The summed E-state index contributed by atoms with van der Waals surface area (Å²) in [5.74, 6) is 1.48. The Kier molecular flexibility index (Phi) is 5.59. The SMILES string of the molecule is CC(Oc1ccc(C#N)cc1)C(=O)N1CCN(c2oc(-c3ccco3)nc2C#N)CC1. The average Bonchev–Trinajstić information content (AvgIpc) is 3.49. The lowest BCUT2D eigenvalue weighted by Gasteiger charge is -2.35. The van der Waals surface area contributed by atoms with Crippen molar-refractivity contribution in [3.05, 3.63) is 53.9 Å². The Hall–Kier alpha value is -4.24. The van der Waals surface area contributed by atoms with Crippen molar-refractivity contribution in [3.63, 3.8) is 0 Å². The van der Waals surface area contributed by atoms with Gasteiger partial charge >= 0.3 is 0 Å². The molecule has 2 aromatic heterocycles. The zero-order chi connectivity index (χ0) is 21.8. The molecule has 3 heterocycles. The number of nitriles is 2. The van der Waals surface area contributed by atoms with Gasteiger partial charge in [0.15, 0.2) is 11.9 Å². The number of amides is 1. The van der Waals surface area contributed by atoms with Crippen molar-refractivity contribution < 1.29 is 18.4 Å². The van der Waals surface area contributed by atoms with Crippen molar-refractivity contribution in [2.75, 3.05) is 31.1 Å². The molecular weight excluding hydrogens is 398 g/mol. The van der Waals surface area contributed by atoms with E-state index in [-0.39, 0.29) is 17.5 Å². The fraction of sp³-hybridized carbons (Fsp3) is 0.273. The Bertz CT molecular complexity index is 1130. The summed E-state index contributed by atoms with van der Waals surface area (Å²) in [5, 5.41) is 18.3. The van der Waals surface area contributed by atoms with E-state index in [1.165, 1.54) is 6.26 Å². The van der Waals surface area contributed by atoms with Crippen LogP contribution >= 0.6 is 0 Å². The molecule has 1 atom stereocenters. The molecule has 1 aromatic carbocycles. The molecule has 0 N–H and O–H groups in total. The third-order valence-electron chi connectivity index (χ3n) is 4.97. The molecule has 1 aliphatic rings. The van der Waals surface area contributed by atoms with Gasteiger partial charge in [0.1, 0.15) is 11.8 Å². The number of carbonyl (C=O) groups is 1. The number of benzene rings is 1. The van der Waals surface area contributed by atoms with Gasteiger partial charge in [-0.1, -0.05) is 0 Å². The Morgan fingerprint density at radius 1 is 1.13 bits per heavy atom. The first-order valence-electron chi connectivity index (χ1n) is 9.74. The van der Waals surface area contributed by atoms with E-state index < -0.39 is 6.10 Å². The zero-order valence-corrected chi connectivity index (χ0v) is 16.8. The second kappa shape index (κ2) is 8.64. The van der Waals surface area contributed by atoms with Crippen molar-refractivity contribution in [2.24, 2.45) is 0 Å². The van der Waals surface area contributed by atoms with E-state index >= 15 is 0 Å². The molecule has 0 radical (unpaired) electrons.